The smallest absolute Gasteiger partial charge is 0.316 e. The van der Waals surface area contributed by atoms with E-state index in [0.717, 1.165) is 0 Å². The molecule has 0 heterocycles. The first kappa shape index (κ1) is 13.9. The molecule has 1 aromatic carbocycles. The van der Waals surface area contributed by atoms with Gasteiger partial charge in [0.25, 0.3) is 0 Å². The van der Waals surface area contributed by atoms with Crippen molar-refractivity contribution in [2.75, 3.05) is 5.32 Å². The Bertz CT molecular complexity index is 450. The highest BCUT2D eigenvalue weighted by Crippen LogP contribution is 2.21. The molecule has 0 saturated carbocycles. The van der Waals surface area contributed by atoms with Gasteiger partial charge in [-0.2, -0.15) is 0 Å². The Morgan fingerprint density at radius 3 is 2.50 bits per heavy atom. The van der Waals surface area contributed by atoms with E-state index in [1.54, 1.807) is 18.2 Å². The molecule has 0 aliphatic heterocycles. The Kier molecular flexibility index (Phi) is 4.64. The first-order chi connectivity index (χ1) is 8.40. The molecule has 2 unspecified atom stereocenters. The number of carbonyl (C=O) groups excluding carboxylic acids is 2. The number of urea groups is 1. The number of nitrogens with one attached hydrogen (secondary N) is 1. The molecule has 0 spiro atoms. The van der Waals surface area contributed by atoms with Crippen molar-refractivity contribution < 1.29 is 19.8 Å². The summed E-state index contributed by atoms with van der Waals surface area (Å²) in [7, 11) is 0. The van der Waals surface area contributed by atoms with Gasteiger partial charge < -0.3 is 27.0 Å². The third kappa shape index (κ3) is 4.04. The molecule has 0 bridgehead atoms. The first-order valence-electron chi connectivity index (χ1n) is 5.21. The lowest BCUT2D eigenvalue weighted by Crippen LogP contribution is -2.26. The SMILES string of the molecule is NC(=O)CC(O)C(O)c1cccc(NC(N)=O)c1. The number of hydrogen-bond donors (Lipinski definition) is 5. The Balaban J connectivity index is 2.82. The summed E-state index contributed by atoms with van der Waals surface area (Å²) >= 11 is 0. The predicted octanol–water partition coefficient (Wildman–Crippen LogP) is -0.553. The fourth-order valence-corrected chi connectivity index (χ4v) is 1.48. The molecule has 7 nitrogen and oxygen atoms in total. The number of hydrogen-bond acceptors (Lipinski definition) is 4. The number of rotatable bonds is 5. The maximum atomic E-state index is 10.7. The summed E-state index contributed by atoms with van der Waals surface area (Å²) in [5.74, 6) is -0.715. The van der Waals surface area contributed by atoms with Gasteiger partial charge in [0.1, 0.15) is 6.10 Å². The lowest BCUT2D eigenvalue weighted by Gasteiger charge is -2.17. The third-order valence-electron chi connectivity index (χ3n) is 2.27. The molecule has 2 atom stereocenters. The maximum absolute atomic E-state index is 10.7. The van der Waals surface area contributed by atoms with Gasteiger partial charge in [-0.15, -0.1) is 0 Å². The van der Waals surface area contributed by atoms with Crippen LogP contribution in [0.4, 0.5) is 10.5 Å². The van der Waals surface area contributed by atoms with Crippen LogP contribution >= 0.6 is 0 Å². The standard InChI is InChI=1S/C11H15N3O4/c12-9(16)5-8(15)10(17)6-2-1-3-7(4-6)14-11(13)18/h1-4,8,10,15,17H,5H2,(H2,12,16)(H3,13,14,18). The van der Waals surface area contributed by atoms with Crippen molar-refractivity contribution in [3.05, 3.63) is 29.8 Å². The molecule has 0 fully saturated rings. The van der Waals surface area contributed by atoms with Crippen LogP contribution in [0, 0.1) is 0 Å². The number of nitrogens with two attached hydrogens (primary N) is 2. The fraction of sp³-hybridized carbons (Fsp3) is 0.273. The van der Waals surface area contributed by atoms with Crippen molar-refractivity contribution in [1.82, 2.24) is 0 Å². The van der Waals surface area contributed by atoms with Gasteiger partial charge in [-0.3, -0.25) is 4.79 Å². The van der Waals surface area contributed by atoms with Gasteiger partial charge in [0.15, 0.2) is 0 Å². The first-order valence-corrected chi connectivity index (χ1v) is 5.21. The second-order valence-corrected chi connectivity index (χ2v) is 3.80. The number of aliphatic hydroxyl groups is 2. The van der Waals surface area contributed by atoms with Crippen LogP contribution in [0.5, 0.6) is 0 Å². The summed E-state index contributed by atoms with van der Waals surface area (Å²) < 4.78 is 0. The van der Waals surface area contributed by atoms with E-state index in [2.05, 4.69) is 5.32 Å². The summed E-state index contributed by atoms with van der Waals surface area (Å²) in [5.41, 5.74) is 10.6. The average molecular weight is 253 g/mol. The van der Waals surface area contributed by atoms with Gasteiger partial charge in [0.05, 0.1) is 12.5 Å². The van der Waals surface area contributed by atoms with Crippen molar-refractivity contribution in [3.8, 4) is 0 Å². The van der Waals surface area contributed by atoms with Crippen LogP contribution in [0.2, 0.25) is 0 Å². The third-order valence-corrected chi connectivity index (χ3v) is 2.27. The quantitative estimate of drug-likeness (QED) is 0.480. The molecule has 1 aromatic rings. The molecular formula is C11H15N3O4. The molecule has 3 amide bonds. The highest BCUT2D eigenvalue weighted by atomic mass is 16.3. The summed E-state index contributed by atoms with van der Waals surface area (Å²) in [6.07, 6.45) is -2.92. The lowest BCUT2D eigenvalue weighted by molar-refractivity contribution is -0.121. The Hall–Kier alpha value is -2.12. The Morgan fingerprint density at radius 2 is 1.94 bits per heavy atom. The average Bonchev–Trinajstić information content (AvgIpc) is 2.26. The zero-order valence-electron chi connectivity index (χ0n) is 9.54. The fourth-order valence-electron chi connectivity index (χ4n) is 1.48. The van der Waals surface area contributed by atoms with Crippen LogP contribution in [0.1, 0.15) is 18.1 Å². The van der Waals surface area contributed by atoms with E-state index < -0.39 is 24.1 Å². The van der Waals surface area contributed by atoms with E-state index in [1.807, 2.05) is 0 Å². The minimum Gasteiger partial charge on any atom is -0.390 e. The molecule has 0 aliphatic carbocycles. The molecule has 18 heavy (non-hydrogen) atoms. The van der Waals surface area contributed by atoms with E-state index in [-0.39, 0.29) is 6.42 Å². The summed E-state index contributed by atoms with van der Waals surface area (Å²) in [5, 5.41) is 21.7. The molecule has 98 valence electrons. The molecule has 7 N–H and O–H groups in total. The number of benzene rings is 1. The normalized spacial score (nSPS) is 13.7. The molecular weight excluding hydrogens is 238 g/mol. The van der Waals surface area contributed by atoms with Gasteiger partial charge in [-0.25, -0.2) is 4.79 Å². The van der Waals surface area contributed by atoms with Crippen molar-refractivity contribution in [3.63, 3.8) is 0 Å². The van der Waals surface area contributed by atoms with Crippen LogP contribution in [0.15, 0.2) is 24.3 Å². The number of carbonyl (C=O) groups is 2. The summed E-state index contributed by atoms with van der Waals surface area (Å²) in [6, 6.07) is 5.39. The summed E-state index contributed by atoms with van der Waals surface area (Å²) in [6.45, 7) is 0. The summed E-state index contributed by atoms with van der Waals surface area (Å²) in [4.78, 5) is 21.3. The highest BCUT2D eigenvalue weighted by Gasteiger charge is 2.20. The van der Waals surface area contributed by atoms with Gasteiger partial charge in [0.2, 0.25) is 5.91 Å². The molecule has 1 rings (SSSR count). The van der Waals surface area contributed by atoms with Crippen molar-refractivity contribution >= 4 is 17.6 Å². The second kappa shape index (κ2) is 5.99. The lowest BCUT2D eigenvalue weighted by atomic mass is 10.0. The molecule has 0 radical (unpaired) electrons. The topological polar surface area (TPSA) is 139 Å². The molecule has 7 heteroatoms. The monoisotopic (exact) mass is 253 g/mol. The number of anilines is 1. The van der Waals surface area contributed by atoms with E-state index in [4.69, 9.17) is 11.5 Å². The van der Waals surface area contributed by atoms with Crippen LogP contribution in [0.25, 0.3) is 0 Å². The molecule has 0 saturated heterocycles. The Labute approximate surface area is 103 Å². The number of amides is 3. The van der Waals surface area contributed by atoms with Gasteiger partial charge >= 0.3 is 6.03 Å². The van der Waals surface area contributed by atoms with Crippen LogP contribution in [-0.4, -0.2) is 28.3 Å². The molecule has 0 aliphatic rings. The van der Waals surface area contributed by atoms with E-state index >= 15 is 0 Å². The zero-order valence-corrected chi connectivity index (χ0v) is 9.54. The van der Waals surface area contributed by atoms with Gasteiger partial charge in [-0.1, -0.05) is 12.1 Å². The van der Waals surface area contributed by atoms with Gasteiger partial charge in [-0.05, 0) is 17.7 Å². The minimum atomic E-state index is -1.30. The second-order valence-electron chi connectivity index (χ2n) is 3.80. The van der Waals surface area contributed by atoms with Crippen LogP contribution in [-0.2, 0) is 4.79 Å². The van der Waals surface area contributed by atoms with E-state index in [1.165, 1.54) is 6.07 Å². The predicted molar refractivity (Wildman–Crippen MR) is 64.4 cm³/mol. The number of primary amides is 2. The zero-order chi connectivity index (χ0) is 13.7. The van der Waals surface area contributed by atoms with E-state index in [0.29, 0.717) is 11.3 Å². The highest BCUT2D eigenvalue weighted by molar-refractivity contribution is 5.87. The minimum absolute atomic E-state index is 0.343. The maximum Gasteiger partial charge on any atom is 0.316 e. The van der Waals surface area contributed by atoms with Crippen molar-refractivity contribution in [2.45, 2.75) is 18.6 Å². The van der Waals surface area contributed by atoms with Crippen molar-refractivity contribution in [2.24, 2.45) is 11.5 Å². The largest absolute Gasteiger partial charge is 0.390 e. The van der Waals surface area contributed by atoms with Crippen molar-refractivity contribution in [1.29, 1.82) is 0 Å². The Morgan fingerprint density at radius 1 is 1.28 bits per heavy atom. The van der Waals surface area contributed by atoms with Crippen LogP contribution < -0.4 is 16.8 Å². The van der Waals surface area contributed by atoms with Gasteiger partial charge in [0, 0.05) is 5.69 Å². The van der Waals surface area contributed by atoms with Crippen LogP contribution in [0.3, 0.4) is 0 Å². The van der Waals surface area contributed by atoms with E-state index in [9.17, 15) is 19.8 Å². The molecule has 0 aromatic heterocycles. The number of aliphatic hydroxyl groups excluding tert-OH is 2.